The molecular weight excluding hydrogens is 513 g/mol. The molecule has 2 aromatic carbocycles. The first-order valence-electron chi connectivity index (χ1n) is 13.7. The number of halogens is 1. The number of carbonyl (C=O) groups excluding carboxylic acids is 2. The quantitative estimate of drug-likeness (QED) is 0.388. The van der Waals surface area contributed by atoms with Gasteiger partial charge in [-0.3, -0.25) is 14.4 Å². The van der Waals surface area contributed by atoms with E-state index < -0.39 is 17.9 Å². The fourth-order valence-corrected chi connectivity index (χ4v) is 6.10. The summed E-state index contributed by atoms with van der Waals surface area (Å²) in [5.74, 6) is 0.358. The highest BCUT2D eigenvalue weighted by Gasteiger charge is 2.41. The number of carbonyl (C=O) groups is 2. The number of hydrogen-bond donors (Lipinski definition) is 0. The molecule has 0 unspecified atom stereocenters. The highest BCUT2D eigenvalue weighted by molar-refractivity contribution is 5.95. The van der Waals surface area contributed by atoms with Crippen molar-refractivity contribution >= 4 is 23.0 Å². The first-order valence-corrected chi connectivity index (χ1v) is 13.7. The normalized spacial score (nSPS) is 21.8. The molecule has 0 aliphatic carbocycles. The summed E-state index contributed by atoms with van der Waals surface area (Å²) in [5.41, 5.74) is 3.56. The van der Waals surface area contributed by atoms with Gasteiger partial charge in [0.15, 0.2) is 0 Å². The van der Waals surface area contributed by atoms with Crippen LogP contribution in [0.1, 0.15) is 60.3 Å². The Hall–Kier alpha value is -3.43. The predicted octanol–water partition coefficient (Wildman–Crippen LogP) is 5.50. The number of piperazine rings is 1. The minimum absolute atomic E-state index is 0.0257. The van der Waals surface area contributed by atoms with Gasteiger partial charge in [-0.05, 0) is 69.5 Å². The molecular formula is C31H38FN3O5. The van der Waals surface area contributed by atoms with Crippen LogP contribution in [-0.2, 0) is 16.0 Å². The van der Waals surface area contributed by atoms with Gasteiger partial charge >= 0.3 is 12.1 Å². The summed E-state index contributed by atoms with van der Waals surface area (Å²) in [7, 11) is 3.02. The zero-order valence-electron chi connectivity index (χ0n) is 24.1. The summed E-state index contributed by atoms with van der Waals surface area (Å²) in [5, 5.41) is 0.916. The minimum atomic E-state index is -0.837. The molecule has 214 valence electrons. The molecule has 1 aromatic heterocycles. The van der Waals surface area contributed by atoms with E-state index >= 15 is 0 Å². The average molecular weight is 552 g/mol. The molecule has 0 amide bonds. The van der Waals surface area contributed by atoms with Gasteiger partial charge in [0.25, 0.3) is 0 Å². The number of fused-ring (bicyclic) bond motifs is 2. The lowest BCUT2D eigenvalue weighted by Crippen LogP contribution is -2.51. The number of benzene rings is 2. The smallest absolute Gasteiger partial charge is 0.419 e. The monoisotopic (exact) mass is 551 g/mol. The van der Waals surface area contributed by atoms with Gasteiger partial charge in [-0.1, -0.05) is 12.1 Å². The Labute approximate surface area is 234 Å². The van der Waals surface area contributed by atoms with Gasteiger partial charge in [0, 0.05) is 55.4 Å². The number of ether oxygens (including phenoxy) is 3. The number of esters is 1. The molecule has 0 radical (unpaired) electrons. The topological polar surface area (TPSA) is 73.2 Å². The van der Waals surface area contributed by atoms with Crippen molar-refractivity contribution in [3.05, 3.63) is 64.8 Å². The molecule has 2 fully saturated rings. The van der Waals surface area contributed by atoms with E-state index in [-0.39, 0.29) is 18.1 Å². The lowest BCUT2D eigenvalue weighted by atomic mass is 9.96. The molecule has 2 aliphatic rings. The van der Waals surface area contributed by atoms with Crippen LogP contribution in [0.15, 0.2) is 42.6 Å². The Morgan fingerprint density at radius 1 is 1.05 bits per heavy atom. The minimum Gasteiger partial charge on any atom is -0.496 e. The second kappa shape index (κ2) is 10.9. The Kier molecular flexibility index (Phi) is 7.63. The van der Waals surface area contributed by atoms with Crippen molar-refractivity contribution < 1.29 is 28.2 Å². The second-order valence-corrected chi connectivity index (χ2v) is 11.8. The second-order valence-electron chi connectivity index (χ2n) is 11.8. The molecule has 9 heteroatoms. The van der Waals surface area contributed by atoms with Crippen LogP contribution < -0.4 is 4.74 Å². The van der Waals surface area contributed by atoms with E-state index in [0.29, 0.717) is 38.2 Å². The lowest BCUT2D eigenvalue weighted by Gasteiger charge is -2.44. The summed E-state index contributed by atoms with van der Waals surface area (Å²) in [6, 6.07) is 11.5. The third kappa shape index (κ3) is 5.45. The van der Waals surface area contributed by atoms with E-state index in [1.165, 1.54) is 7.11 Å². The zero-order chi connectivity index (χ0) is 28.8. The first kappa shape index (κ1) is 28.1. The van der Waals surface area contributed by atoms with Crippen molar-refractivity contribution in [3.8, 4) is 5.75 Å². The maximum atomic E-state index is 14.5. The van der Waals surface area contributed by atoms with Crippen LogP contribution >= 0.6 is 0 Å². The maximum absolute atomic E-state index is 14.5. The summed E-state index contributed by atoms with van der Waals surface area (Å²) >= 11 is 0. The highest BCUT2D eigenvalue weighted by Crippen LogP contribution is 2.39. The van der Waals surface area contributed by atoms with Crippen molar-refractivity contribution in [2.24, 2.45) is 0 Å². The van der Waals surface area contributed by atoms with Gasteiger partial charge < -0.3 is 14.2 Å². The molecule has 0 saturated carbocycles. The first-order chi connectivity index (χ1) is 19.0. The van der Waals surface area contributed by atoms with Crippen LogP contribution in [0.2, 0.25) is 0 Å². The Morgan fingerprint density at radius 3 is 2.42 bits per heavy atom. The van der Waals surface area contributed by atoms with E-state index in [1.807, 2.05) is 52.0 Å². The van der Waals surface area contributed by atoms with Crippen molar-refractivity contribution in [2.75, 3.05) is 33.9 Å². The van der Waals surface area contributed by atoms with Crippen LogP contribution in [0.3, 0.4) is 0 Å². The molecule has 3 heterocycles. The predicted molar refractivity (Wildman–Crippen MR) is 151 cm³/mol. The third-order valence-corrected chi connectivity index (χ3v) is 7.89. The summed E-state index contributed by atoms with van der Waals surface area (Å²) in [6.45, 7) is 9.85. The molecule has 2 aliphatic heterocycles. The number of aryl methyl sites for hydroxylation is 1. The van der Waals surface area contributed by atoms with E-state index in [4.69, 9.17) is 14.2 Å². The van der Waals surface area contributed by atoms with Gasteiger partial charge in [-0.2, -0.15) is 0 Å². The van der Waals surface area contributed by atoms with Gasteiger partial charge in [0.05, 0.1) is 25.3 Å². The number of nitrogens with zero attached hydrogens (tertiary/aromatic N) is 3. The largest absolute Gasteiger partial charge is 0.496 e. The van der Waals surface area contributed by atoms with Crippen molar-refractivity contribution in [1.29, 1.82) is 0 Å². The van der Waals surface area contributed by atoms with Crippen LogP contribution in [0.25, 0.3) is 10.9 Å². The van der Waals surface area contributed by atoms with Gasteiger partial charge in [0.1, 0.15) is 17.5 Å². The number of alkyl halides is 1. The summed E-state index contributed by atoms with van der Waals surface area (Å²) < 4.78 is 32.4. The van der Waals surface area contributed by atoms with Crippen molar-refractivity contribution in [2.45, 2.75) is 64.5 Å². The number of methoxy groups -OCH3 is 2. The maximum Gasteiger partial charge on any atom is 0.419 e. The molecule has 0 spiro atoms. The van der Waals surface area contributed by atoms with E-state index in [9.17, 15) is 14.0 Å². The molecule has 2 saturated heterocycles. The lowest BCUT2D eigenvalue weighted by molar-refractivity contribution is 0.0441. The highest BCUT2D eigenvalue weighted by atomic mass is 19.1. The van der Waals surface area contributed by atoms with Crippen LogP contribution in [0.5, 0.6) is 5.75 Å². The van der Waals surface area contributed by atoms with Crippen LogP contribution in [-0.4, -0.2) is 78.1 Å². The molecule has 40 heavy (non-hydrogen) atoms. The summed E-state index contributed by atoms with van der Waals surface area (Å²) in [4.78, 5) is 29.7. The SMILES string of the molecule is COC(=O)c1ccc([C@@H]2CN3C[C@H](F)C[C@H]3CN2Cc2c(OC)cc(C)c3c2ccn3C(=O)OC(C)(C)C)cc1. The van der Waals surface area contributed by atoms with E-state index in [0.717, 1.165) is 33.3 Å². The van der Waals surface area contributed by atoms with Crippen LogP contribution in [0, 0.1) is 6.92 Å². The van der Waals surface area contributed by atoms with E-state index in [2.05, 4.69) is 9.80 Å². The van der Waals surface area contributed by atoms with Crippen molar-refractivity contribution in [1.82, 2.24) is 14.4 Å². The van der Waals surface area contributed by atoms with E-state index in [1.54, 1.807) is 30.0 Å². The van der Waals surface area contributed by atoms with Gasteiger partial charge in [0.2, 0.25) is 0 Å². The average Bonchev–Trinajstić information content (AvgIpc) is 3.51. The zero-order valence-corrected chi connectivity index (χ0v) is 24.1. The summed E-state index contributed by atoms with van der Waals surface area (Å²) in [6.07, 6.45) is 0.995. The fourth-order valence-electron chi connectivity index (χ4n) is 6.10. The molecule has 8 nitrogen and oxygen atoms in total. The van der Waals surface area contributed by atoms with Gasteiger partial charge in [-0.25, -0.2) is 14.0 Å². The number of rotatable bonds is 5. The molecule has 0 N–H and O–H groups in total. The standard InChI is InChI=1S/C31H38FN3O5/c1-19-13-27(38-5)25(24-11-12-35(28(19)24)30(37)40-31(2,3)4)17-34-16-23-14-22(32)15-33(23)18-26(34)20-7-9-21(10-8-20)29(36)39-6/h7-13,22-23,26H,14-18H2,1-6H3/t22-,23+,26+/m1/s1. The number of aromatic nitrogens is 1. The molecule has 5 rings (SSSR count). The third-order valence-electron chi connectivity index (χ3n) is 7.89. The number of hydrogen-bond acceptors (Lipinski definition) is 7. The Bertz CT molecular complexity index is 1410. The Morgan fingerprint density at radius 2 is 1.77 bits per heavy atom. The molecule has 0 bridgehead atoms. The molecule has 3 aromatic rings. The van der Waals surface area contributed by atoms with Crippen LogP contribution in [0.4, 0.5) is 9.18 Å². The molecule has 3 atom stereocenters. The fraction of sp³-hybridized carbons (Fsp3) is 0.484. The van der Waals surface area contributed by atoms with Gasteiger partial charge in [-0.15, -0.1) is 0 Å². The van der Waals surface area contributed by atoms with Crippen molar-refractivity contribution in [3.63, 3.8) is 0 Å². The Balaban J connectivity index is 1.54.